The topological polar surface area (TPSA) is 104 Å². The zero-order valence-electron chi connectivity index (χ0n) is 25.3. The highest BCUT2D eigenvalue weighted by molar-refractivity contribution is 6.36. The van der Waals surface area contributed by atoms with Crippen LogP contribution in [0.3, 0.4) is 0 Å². The molecule has 10 nitrogen and oxygen atoms in total. The number of carbonyl (C=O) groups is 1. The molecule has 3 aromatic rings. The minimum Gasteiger partial charge on any atom is -0.463 e. The summed E-state index contributed by atoms with van der Waals surface area (Å²) >= 11 is 6.69. The van der Waals surface area contributed by atoms with Gasteiger partial charge in [-0.3, -0.25) is 4.79 Å². The van der Waals surface area contributed by atoms with E-state index in [2.05, 4.69) is 40.6 Å². The molecule has 2 atom stereocenters. The van der Waals surface area contributed by atoms with Crippen LogP contribution >= 0.6 is 11.6 Å². The van der Waals surface area contributed by atoms with Gasteiger partial charge < -0.3 is 28.9 Å². The summed E-state index contributed by atoms with van der Waals surface area (Å²) in [4.78, 5) is 28.1. The van der Waals surface area contributed by atoms with Gasteiger partial charge in [-0.25, -0.2) is 4.39 Å². The Labute approximate surface area is 266 Å². The monoisotopic (exact) mass is 634 g/mol. The number of amides is 1. The number of aromatic nitrogens is 2. The molecule has 0 N–H and O–H groups in total. The van der Waals surface area contributed by atoms with E-state index in [1.165, 1.54) is 4.90 Å². The standard InChI is InChI=1S/C33H36ClFN6O4/c1-22(35)31(42)41-15-14-40(17-24(41)9-12-36)30-25-10-13-39(28-8-4-6-23-5-3-7-26(34)29(23)28)18-27(25)37-32(38-30)45-21-33(19-43-2)11-16-44-20-33/h3-8,24H,1,9-11,13-21H2,2H3/t24-,33-/m0/s1. The van der Waals surface area contributed by atoms with Crippen molar-refractivity contribution >= 4 is 39.8 Å². The minimum atomic E-state index is -1.03. The van der Waals surface area contributed by atoms with E-state index in [1.54, 1.807) is 7.11 Å². The lowest BCUT2D eigenvalue weighted by Crippen LogP contribution is -2.55. The van der Waals surface area contributed by atoms with Crippen LogP contribution in [0, 0.1) is 16.7 Å². The molecule has 2 saturated heterocycles. The van der Waals surface area contributed by atoms with Crippen LogP contribution in [-0.4, -0.2) is 86.5 Å². The molecule has 0 unspecified atom stereocenters. The fourth-order valence-electron chi connectivity index (χ4n) is 6.65. The molecule has 6 rings (SSSR count). The van der Waals surface area contributed by atoms with Crippen LogP contribution in [0.1, 0.15) is 24.1 Å². The summed E-state index contributed by atoms with van der Waals surface area (Å²) in [5.74, 6) is -1.10. The van der Waals surface area contributed by atoms with Gasteiger partial charge in [-0.15, -0.1) is 0 Å². The molecule has 1 aromatic heterocycles. The van der Waals surface area contributed by atoms with Gasteiger partial charge in [-0.1, -0.05) is 42.4 Å². The second-order valence-corrected chi connectivity index (χ2v) is 12.3. The zero-order chi connectivity index (χ0) is 31.6. The molecule has 0 aliphatic carbocycles. The van der Waals surface area contributed by atoms with Crippen LogP contribution in [0.2, 0.25) is 5.02 Å². The fraction of sp³-hybridized carbons (Fsp3) is 0.455. The van der Waals surface area contributed by atoms with Crippen molar-refractivity contribution in [3.8, 4) is 12.1 Å². The normalized spacial score (nSPS) is 21.5. The second-order valence-electron chi connectivity index (χ2n) is 11.9. The van der Waals surface area contributed by atoms with Gasteiger partial charge >= 0.3 is 6.01 Å². The summed E-state index contributed by atoms with van der Waals surface area (Å²) in [5.41, 5.74) is 2.56. The van der Waals surface area contributed by atoms with Crippen molar-refractivity contribution < 1.29 is 23.4 Å². The Hall–Kier alpha value is -3.98. The van der Waals surface area contributed by atoms with Crippen LogP contribution in [0.15, 0.2) is 48.8 Å². The molecule has 4 heterocycles. The third-order valence-corrected chi connectivity index (χ3v) is 9.26. The Balaban J connectivity index is 1.35. The van der Waals surface area contributed by atoms with Crippen LogP contribution in [-0.2, 0) is 27.2 Å². The fourth-order valence-corrected chi connectivity index (χ4v) is 6.93. The molecule has 3 aliphatic heterocycles. The van der Waals surface area contributed by atoms with Crippen molar-refractivity contribution in [2.24, 2.45) is 5.41 Å². The minimum absolute atomic E-state index is 0.0569. The lowest BCUT2D eigenvalue weighted by atomic mass is 9.89. The van der Waals surface area contributed by atoms with Crippen molar-refractivity contribution in [2.75, 3.05) is 69.5 Å². The molecule has 1 amide bonds. The summed E-state index contributed by atoms with van der Waals surface area (Å²) in [5, 5.41) is 12.3. The van der Waals surface area contributed by atoms with Gasteiger partial charge in [-0.05, 0) is 30.4 Å². The molecule has 236 valence electrons. The lowest BCUT2D eigenvalue weighted by Gasteiger charge is -2.42. The first kappa shape index (κ1) is 31.0. The molecular weight excluding hydrogens is 599 g/mol. The first-order chi connectivity index (χ1) is 21.8. The van der Waals surface area contributed by atoms with Crippen LogP contribution in [0.4, 0.5) is 15.9 Å². The number of ether oxygens (including phenoxy) is 3. The lowest BCUT2D eigenvalue weighted by molar-refractivity contribution is -0.131. The van der Waals surface area contributed by atoms with Crippen molar-refractivity contribution in [3.63, 3.8) is 0 Å². The summed E-state index contributed by atoms with van der Waals surface area (Å²) < 4.78 is 31.3. The molecule has 45 heavy (non-hydrogen) atoms. The number of nitriles is 1. The van der Waals surface area contributed by atoms with E-state index in [9.17, 15) is 14.4 Å². The third kappa shape index (κ3) is 6.27. The van der Waals surface area contributed by atoms with Crippen molar-refractivity contribution in [2.45, 2.75) is 31.8 Å². The van der Waals surface area contributed by atoms with Gasteiger partial charge in [0.05, 0.1) is 54.4 Å². The van der Waals surface area contributed by atoms with Crippen molar-refractivity contribution in [3.05, 3.63) is 65.1 Å². The van der Waals surface area contributed by atoms with Gasteiger partial charge in [0.2, 0.25) is 0 Å². The predicted molar refractivity (Wildman–Crippen MR) is 169 cm³/mol. The number of hydrogen-bond donors (Lipinski definition) is 0. The molecule has 2 aromatic carbocycles. The highest BCUT2D eigenvalue weighted by Gasteiger charge is 2.38. The average molecular weight is 635 g/mol. The van der Waals surface area contributed by atoms with Gasteiger partial charge in [-0.2, -0.15) is 15.2 Å². The molecule has 0 bridgehead atoms. The number of piperazine rings is 1. The summed E-state index contributed by atoms with van der Waals surface area (Å²) in [6.07, 6.45) is 1.53. The Kier molecular flexibility index (Phi) is 9.08. The third-order valence-electron chi connectivity index (χ3n) is 8.94. The number of anilines is 2. The smallest absolute Gasteiger partial charge is 0.318 e. The Morgan fingerprint density at radius 1 is 1.20 bits per heavy atom. The number of methoxy groups -OCH3 is 1. The van der Waals surface area contributed by atoms with E-state index in [1.807, 2.05) is 18.2 Å². The first-order valence-corrected chi connectivity index (χ1v) is 15.5. The van der Waals surface area contributed by atoms with E-state index >= 15 is 0 Å². The highest BCUT2D eigenvalue weighted by atomic mass is 35.5. The maximum Gasteiger partial charge on any atom is 0.318 e. The summed E-state index contributed by atoms with van der Waals surface area (Å²) in [6, 6.07) is 13.9. The van der Waals surface area contributed by atoms with Crippen LogP contribution in [0.25, 0.3) is 10.8 Å². The van der Waals surface area contributed by atoms with Crippen LogP contribution < -0.4 is 14.5 Å². The predicted octanol–water partition coefficient (Wildman–Crippen LogP) is 4.69. The number of halogens is 2. The van der Waals surface area contributed by atoms with Crippen molar-refractivity contribution in [1.29, 1.82) is 5.26 Å². The number of nitrogens with zero attached hydrogens (tertiary/aromatic N) is 6. The number of carbonyl (C=O) groups excluding carboxylic acids is 1. The SMILES string of the molecule is C=C(F)C(=O)N1CCN(c2nc(OC[C@]3(COC)CCOC3)nc3c2CCN(c2cccc4cccc(Cl)c24)C3)C[C@@H]1CC#N. The van der Waals surface area contributed by atoms with E-state index in [0.29, 0.717) is 69.9 Å². The van der Waals surface area contributed by atoms with Crippen LogP contribution in [0.5, 0.6) is 6.01 Å². The summed E-state index contributed by atoms with van der Waals surface area (Å²) in [6.45, 7) is 7.36. The van der Waals surface area contributed by atoms with Gasteiger partial charge in [0.1, 0.15) is 12.4 Å². The Bertz CT molecular complexity index is 1640. The Morgan fingerprint density at radius 2 is 2.02 bits per heavy atom. The molecule has 0 spiro atoms. The maximum atomic E-state index is 13.8. The van der Waals surface area contributed by atoms with E-state index in [-0.39, 0.29) is 24.4 Å². The molecule has 2 fully saturated rings. The first-order valence-electron chi connectivity index (χ1n) is 15.1. The average Bonchev–Trinajstić information content (AvgIpc) is 3.51. The van der Waals surface area contributed by atoms with E-state index in [0.717, 1.165) is 34.1 Å². The van der Waals surface area contributed by atoms with Gasteiger partial charge in [0.15, 0.2) is 5.83 Å². The number of hydrogen-bond acceptors (Lipinski definition) is 9. The van der Waals surface area contributed by atoms with Crippen molar-refractivity contribution in [1.82, 2.24) is 14.9 Å². The molecule has 3 aliphatic rings. The highest BCUT2D eigenvalue weighted by Crippen LogP contribution is 2.38. The number of benzene rings is 2. The largest absolute Gasteiger partial charge is 0.463 e. The molecule has 12 heteroatoms. The maximum absolute atomic E-state index is 13.8. The quantitative estimate of drug-likeness (QED) is 0.310. The Morgan fingerprint density at radius 3 is 2.76 bits per heavy atom. The summed E-state index contributed by atoms with van der Waals surface area (Å²) in [7, 11) is 1.67. The second kappa shape index (κ2) is 13.2. The zero-order valence-corrected chi connectivity index (χ0v) is 26.1. The van der Waals surface area contributed by atoms with Gasteiger partial charge in [0, 0.05) is 56.5 Å². The van der Waals surface area contributed by atoms with Gasteiger partial charge in [0.25, 0.3) is 5.91 Å². The number of rotatable bonds is 9. The molecule has 0 radical (unpaired) electrons. The number of fused-ring (bicyclic) bond motifs is 2. The van der Waals surface area contributed by atoms with E-state index in [4.69, 9.17) is 35.8 Å². The molecular formula is C33H36ClFN6O4. The molecule has 0 saturated carbocycles. The van der Waals surface area contributed by atoms with E-state index < -0.39 is 17.8 Å².